The normalized spacial score (nSPS) is 21.4. The quantitative estimate of drug-likeness (QED) is 0.880. The topological polar surface area (TPSA) is 58.8 Å². The second-order valence-electron chi connectivity index (χ2n) is 5.29. The van der Waals surface area contributed by atoms with Crippen LogP contribution in [0.25, 0.3) is 0 Å². The maximum Gasteiger partial charge on any atom is 0.240 e. The highest BCUT2D eigenvalue weighted by molar-refractivity contribution is 5.94. The van der Waals surface area contributed by atoms with Crippen LogP contribution < -0.4 is 10.6 Å². The van der Waals surface area contributed by atoms with Crippen LogP contribution in [0, 0.1) is 0 Å². The average molecular weight is 277 g/mol. The predicted octanol–water partition coefficient (Wildman–Crippen LogP) is 0.697. The second-order valence-corrected chi connectivity index (χ2v) is 5.29. The molecule has 0 aliphatic carbocycles. The highest BCUT2D eigenvalue weighted by atomic mass is 16.5. The number of ether oxygens (including phenoxy) is 1. The van der Waals surface area contributed by atoms with Gasteiger partial charge in [0, 0.05) is 31.9 Å². The first-order valence-corrected chi connectivity index (χ1v) is 6.99. The van der Waals surface area contributed by atoms with Crippen molar-refractivity contribution in [2.75, 3.05) is 38.2 Å². The van der Waals surface area contributed by atoms with Crippen LogP contribution in [0.5, 0.6) is 0 Å². The van der Waals surface area contributed by atoms with Crippen LogP contribution in [-0.4, -0.2) is 56.2 Å². The van der Waals surface area contributed by atoms with E-state index in [1.807, 2.05) is 37.3 Å². The third kappa shape index (κ3) is 3.79. The number of carbonyl (C=O) groups excluding carboxylic acids is 1. The van der Waals surface area contributed by atoms with Gasteiger partial charge in [-0.1, -0.05) is 18.2 Å². The number of likely N-dealkylation sites (N-methyl/N-ethyl adjacent to an activating group) is 1. The third-order valence-corrected chi connectivity index (χ3v) is 3.64. The number of carbonyl (C=O) groups is 1. The number of amides is 1. The first-order chi connectivity index (χ1) is 9.58. The molecule has 5 heteroatoms. The van der Waals surface area contributed by atoms with Crippen molar-refractivity contribution in [1.82, 2.24) is 4.90 Å². The van der Waals surface area contributed by atoms with Gasteiger partial charge in [-0.05, 0) is 19.1 Å². The first-order valence-electron chi connectivity index (χ1n) is 6.99. The van der Waals surface area contributed by atoms with Gasteiger partial charge in [-0.15, -0.1) is 0 Å². The Hall–Kier alpha value is -1.43. The summed E-state index contributed by atoms with van der Waals surface area (Å²) in [7, 11) is 1.81. The Labute approximate surface area is 120 Å². The number of anilines is 1. The van der Waals surface area contributed by atoms with Crippen molar-refractivity contribution < 1.29 is 9.53 Å². The monoisotopic (exact) mass is 277 g/mol. The molecule has 0 radical (unpaired) electrons. The van der Waals surface area contributed by atoms with Gasteiger partial charge in [0.15, 0.2) is 0 Å². The minimum atomic E-state index is -0.0141. The zero-order valence-corrected chi connectivity index (χ0v) is 12.2. The van der Waals surface area contributed by atoms with E-state index in [4.69, 9.17) is 10.5 Å². The van der Waals surface area contributed by atoms with Gasteiger partial charge in [-0.3, -0.25) is 9.69 Å². The van der Waals surface area contributed by atoms with Crippen LogP contribution in [0.4, 0.5) is 5.69 Å². The fourth-order valence-electron chi connectivity index (χ4n) is 2.29. The zero-order chi connectivity index (χ0) is 14.5. The average Bonchev–Trinajstić information content (AvgIpc) is 2.47. The van der Waals surface area contributed by atoms with Gasteiger partial charge < -0.3 is 15.4 Å². The lowest BCUT2D eigenvalue weighted by atomic mass is 10.1. The van der Waals surface area contributed by atoms with Gasteiger partial charge in [0.1, 0.15) is 0 Å². The predicted molar refractivity (Wildman–Crippen MR) is 79.7 cm³/mol. The molecule has 1 aliphatic heterocycles. The summed E-state index contributed by atoms with van der Waals surface area (Å²) in [5, 5.41) is 0. The Bertz CT molecular complexity index is 436. The fraction of sp³-hybridized carbons (Fsp3) is 0.533. The van der Waals surface area contributed by atoms with Crippen LogP contribution in [0.3, 0.4) is 0 Å². The largest absolute Gasteiger partial charge is 0.374 e. The van der Waals surface area contributed by atoms with E-state index in [0.29, 0.717) is 19.7 Å². The molecule has 1 fully saturated rings. The number of rotatable bonds is 4. The molecule has 0 aromatic heterocycles. The van der Waals surface area contributed by atoms with Crippen molar-refractivity contribution in [1.29, 1.82) is 0 Å². The molecule has 20 heavy (non-hydrogen) atoms. The molecule has 0 saturated carbocycles. The Kier molecular flexibility index (Phi) is 5.11. The van der Waals surface area contributed by atoms with Gasteiger partial charge in [-0.2, -0.15) is 0 Å². The Morgan fingerprint density at radius 2 is 2.20 bits per heavy atom. The van der Waals surface area contributed by atoms with E-state index in [1.54, 1.807) is 11.9 Å². The van der Waals surface area contributed by atoms with Gasteiger partial charge in [0.25, 0.3) is 0 Å². The number of hydrogen-bond donors (Lipinski definition) is 1. The van der Waals surface area contributed by atoms with E-state index in [0.717, 1.165) is 12.2 Å². The standard InChI is InChI=1S/C15H23N3O2/c1-12(16)14-10-18(8-9-20-14)11-15(19)17(2)13-6-4-3-5-7-13/h3-7,12,14H,8-11,16H2,1-2H3. The van der Waals surface area contributed by atoms with Gasteiger partial charge in [0.05, 0.1) is 19.3 Å². The molecule has 2 unspecified atom stereocenters. The number of benzene rings is 1. The summed E-state index contributed by atoms with van der Waals surface area (Å²) < 4.78 is 5.60. The fourth-order valence-corrected chi connectivity index (χ4v) is 2.29. The van der Waals surface area contributed by atoms with Crippen molar-refractivity contribution >= 4 is 11.6 Å². The Morgan fingerprint density at radius 3 is 2.85 bits per heavy atom. The molecule has 0 bridgehead atoms. The number of morpholine rings is 1. The van der Waals surface area contributed by atoms with Crippen molar-refractivity contribution in [3.63, 3.8) is 0 Å². The van der Waals surface area contributed by atoms with Gasteiger partial charge in [0.2, 0.25) is 5.91 Å². The second kappa shape index (κ2) is 6.83. The molecule has 0 spiro atoms. The number of hydrogen-bond acceptors (Lipinski definition) is 4. The van der Waals surface area contributed by atoms with Crippen LogP contribution in [-0.2, 0) is 9.53 Å². The third-order valence-electron chi connectivity index (χ3n) is 3.64. The molecule has 1 aromatic carbocycles. The molecule has 1 amide bonds. The van der Waals surface area contributed by atoms with Gasteiger partial charge >= 0.3 is 0 Å². The van der Waals surface area contributed by atoms with Crippen LogP contribution in [0.15, 0.2) is 30.3 Å². The van der Waals surface area contributed by atoms with Crippen molar-refractivity contribution in [3.05, 3.63) is 30.3 Å². The lowest BCUT2D eigenvalue weighted by Gasteiger charge is -2.35. The minimum Gasteiger partial charge on any atom is -0.374 e. The smallest absolute Gasteiger partial charge is 0.240 e. The van der Waals surface area contributed by atoms with Crippen molar-refractivity contribution in [2.45, 2.75) is 19.1 Å². The van der Waals surface area contributed by atoms with E-state index in [9.17, 15) is 4.79 Å². The first kappa shape index (κ1) is 15.0. The van der Waals surface area contributed by atoms with Gasteiger partial charge in [-0.25, -0.2) is 0 Å². The number of nitrogens with zero attached hydrogens (tertiary/aromatic N) is 2. The summed E-state index contributed by atoms with van der Waals surface area (Å²) in [6.07, 6.45) is 0.0126. The molecular weight excluding hydrogens is 254 g/mol. The minimum absolute atomic E-state index is 0.0126. The number of nitrogens with two attached hydrogens (primary N) is 1. The van der Waals surface area contributed by atoms with Crippen LogP contribution >= 0.6 is 0 Å². The summed E-state index contributed by atoms with van der Waals surface area (Å²) >= 11 is 0. The summed E-state index contributed by atoms with van der Waals surface area (Å²) in [4.78, 5) is 16.1. The molecule has 2 rings (SSSR count). The maximum atomic E-state index is 12.3. The van der Waals surface area contributed by atoms with Crippen molar-refractivity contribution in [3.8, 4) is 0 Å². The summed E-state index contributed by atoms with van der Waals surface area (Å²) in [5.41, 5.74) is 6.78. The Morgan fingerprint density at radius 1 is 1.50 bits per heavy atom. The molecule has 1 saturated heterocycles. The molecule has 1 aromatic rings. The zero-order valence-electron chi connectivity index (χ0n) is 12.2. The lowest BCUT2D eigenvalue weighted by Crippen LogP contribution is -2.52. The van der Waals surface area contributed by atoms with Crippen LogP contribution in [0.1, 0.15) is 6.92 Å². The molecule has 1 aliphatic rings. The molecule has 1 heterocycles. The maximum absolute atomic E-state index is 12.3. The highest BCUT2D eigenvalue weighted by Gasteiger charge is 2.25. The van der Waals surface area contributed by atoms with E-state index in [2.05, 4.69) is 4.90 Å². The van der Waals surface area contributed by atoms with E-state index >= 15 is 0 Å². The summed E-state index contributed by atoms with van der Waals surface area (Å²) in [6.45, 7) is 4.46. The molecule has 5 nitrogen and oxygen atoms in total. The lowest BCUT2D eigenvalue weighted by molar-refractivity contribution is -0.121. The molecule has 2 atom stereocenters. The SMILES string of the molecule is CC(N)C1CN(CC(=O)N(C)c2ccccc2)CCO1. The molecular formula is C15H23N3O2. The highest BCUT2D eigenvalue weighted by Crippen LogP contribution is 2.13. The van der Waals surface area contributed by atoms with Crippen LogP contribution in [0.2, 0.25) is 0 Å². The molecule has 2 N–H and O–H groups in total. The Balaban J connectivity index is 1.91. The van der Waals surface area contributed by atoms with E-state index in [-0.39, 0.29) is 18.1 Å². The number of para-hydroxylation sites is 1. The van der Waals surface area contributed by atoms with Crippen molar-refractivity contribution in [2.24, 2.45) is 5.73 Å². The van der Waals surface area contributed by atoms with E-state index in [1.165, 1.54) is 0 Å². The van der Waals surface area contributed by atoms with E-state index < -0.39 is 0 Å². The summed E-state index contributed by atoms with van der Waals surface area (Å²) in [6, 6.07) is 9.65. The molecule has 110 valence electrons. The summed E-state index contributed by atoms with van der Waals surface area (Å²) in [5.74, 6) is 0.0847.